The van der Waals surface area contributed by atoms with E-state index in [0.717, 1.165) is 41.7 Å². The number of benzene rings is 2. The second-order valence-corrected chi connectivity index (χ2v) is 8.69. The monoisotopic (exact) mass is 426 g/mol. The highest BCUT2D eigenvalue weighted by molar-refractivity contribution is 7.59. The molecule has 1 aliphatic rings. The molecular weight excluding hydrogens is 396 g/mol. The van der Waals surface area contributed by atoms with Gasteiger partial charge in [0.2, 0.25) is 11.8 Å². The number of hydrogen-bond donors (Lipinski definition) is 1. The van der Waals surface area contributed by atoms with Crippen molar-refractivity contribution >= 4 is 13.5 Å². The van der Waals surface area contributed by atoms with Crippen molar-refractivity contribution in [1.29, 1.82) is 0 Å². The zero-order chi connectivity index (χ0) is 20.6. The quantitative estimate of drug-likeness (QED) is 0.615. The Morgan fingerprint density at radius 1 is 1.07 bits per heavy atom. The Bertz CT molecular complexity index is 1030. The van der Waals surface area contributed by atoms with Gasteiger partial charge in [0.05, 0.1) is 6.10 Å². The number of rotatable bonds is 5. The van der Waals surface area contributed by atoms with E-state index in [1.165, 1.54) is 11.1 Å². The highest BCUT2D eigenvalue weighted by atomic mass is 32.1. The van der Waals surface area contributed by atoms with Gasteiger partial charge < -0.3 is 14.3 Å². The van der Waals surface area contributed by atoms with Crippen molar-refractivity contribution in [2.24, 2.45) is 5.41 Å². The lowest BCUT2D eigenvalue weighted by molar-refractivity contribution is 0.127. The molecule has 1 aromatic heterocycles. The maximum absolute atomic E-state index is 9.73. The fourth-order valence-corrected chi connectivity index (χ4v) is 3.91. The first-order valence-electron chi connectivity index (χ1n) is 10.2. The molecular formula is C24H30N2O3S. The Morgan fingerprint density at radius 3 is 2.37 bits per heavy atom. The summed E-state index contributed by atoms with van der Waals surface area (Å²) in [6.07, 6.45) is 3.00. The number of hydrogen-bond acceptors (Lipinski definition) is 5. The summed E-state index contributed by atoms with van der Waals surface area (Å²) in [6, 6.07) is 12.2. The van der Waals surface area contributed by atoms with Gasteiger partial charge in [-0.2, -0.15) is 13.5 Å². The second kappa shape index (κ2) is 8.82. The molecule has 0 saturated heterocycles. The van der Waals surface area contributed by atoms with E-state index in [4.69, 9.17) is 9.15 Å². The third-order valence-electron chi connectivity index (χ3n) is 5.66. The maximum Gasteiger partial charge on any atom is 0.248 e. The van der Waals surface area contributed by atoms with Crippen molar-refractivity contribution in [2.45, 2.75) is 53.1 Å². The summed E-state index contributed by atoms with van der Waals surface area (Å²) >= 11 is 0. The minimum Gasteiger partial charge on any atom is -0.491 e. The molecule has 0 amide bonds. The van der Waals surface area contributed by atoms with Crippen LogP contribution in [0.3, 0.4) is 0 Å². The molecule has 1 aliphatic carbocycles. The number of ether oxygens (including phenoxy) is 1. The zero-order valence-electron chi connectivity index (χ0n) is 18.0. The molecule has 0 bridgehead atoms. The Hall–Kier alpha value is -2.31. The number of aliphatic hydroxyl groups excluding tert-OH is 1. The Kier molecular flexibility index (Phi) is 6.58. The maximum atomic E-state index is 9.73. The molecule has 0 unspecified atom stereocenters. The third kappa shape index (κ3) is 4.55. The highest BCUT2D eigenvalue weighted by Crippen LogP contribution is 2.37. The van der Waals surface area contributed by atoms with E-state index in [1.807, 2.05) is 45.0 Å². The molecule has 0 saturated carbocycles. The molecule has 160 valence electrons. The van der Waals surface area contributed by atoms with Crippen LogP contribution in [0.25, 0.3) is 22.9 Å². The zero-order valence-corrected chi connectivity index (χ0v) is 19.0. The van der Waals surface area contributed by atoms with Crippen LogP contribution in [0.4, 0.5) is 0 Å². The topological polar surface area (TPSA) is 68.4 Å². The van der Waals surface area contributed by atoms with E-state index in [9.17, 15) is 5.11 Å². The van der Waals surface area contributed by atoms with Crippen molar-refractivity contribution < 1.29 is 14.3 Å². The van der Waals surface area contributed by atoms with Crippen molar-refractivity contribution in [3.8, 4) is 28.7 Å². The van der Waals surface area contributed by atoms with Crippen molar-refractivity contribution in [2.75, 3.05) is 6.61 Å². The van der Waals surface area contributed by atoms with Crippen molar-refractivity contribution in [3.05, 3.63) is 53.1 Å². The first kappa shape index (κ1) is 22.4. The molecule has 1 N–H and O–H groups in total. The van der Waals surface area contributed by atoms with E-state index in [0.29, 0.717) is 11.8 Å². The standard InChI is InChI=1S/C24H28N2O3.H2S/c1-15(2)28-21-8-7-18(11-16(21)3)22-25-26-23(29-22)19-6-5-17-9-10-24(4,14-27)13-20(17)12-19;/h5-8,11-12,15,27H,9-10,13-14H2,1-4H3;1H2/t24-;/m1./s1. The summed E-state index contributed by atoms with van der Waals surface area (Å²) in [5, 5.41) is 18.3. The molecule has 4 rings (SSSR count). The average molecular weight is 427 g/mol. The van der Waals surface area contributed by atoms with Crippen LogP contribution in [-0.4, -0.2) is 28.0 Å². The number of nitrogens with zero attached hydrogens (tertiary/aromatic N) is 2. The molecule has 0 spiro atoms. The van der Waals surface area contributed by atoms with Gasteiger partial charge in [0.1, 0.15) is 5.75 Å². The van der Waals surface area contributed by atoms with Crippen LogP contribution in [0, 0.1) is 12.3 Å². The second-order valence-electron chi connectivity index (χ2n) is 8.69. The minimum atomic E-state index is -0.0526. The van der Waals surface area contributed by atoms with Gasteiger partial charge in [-0.25, -0.2) is 0 Å². The normalized spacial score (nSPS) is 18.1. The SMILES string of the molecule is Cc1cc(-c2nnc(-c3ccc4c(c3)C[C@](C)(CO)CC4)o2)ccc1OC(C)C.S. The van der Waals surface area contributed by atoms with Gasteiger partial charge >= 0.3 is 0 Å². The van der Waals surface area contributed by atoms with E-state index in [2.05, 4.69) is 29.3 Å². The van der Waals surface area contributed by atoms with E-state index in [1.54, 1.807) is 0 Å². The highest BCUT2D eigenvalue weighted by Gasteiger charge is 2.29. The summed E-state index contributed by atoms with van der Waals surface area (Å²) in [6.45, 7) is 8.39. The molecule has 3 aromatic rings. The van der Waals surface area contributed by atoms with Gasteiger partial charge in [0.15, 0.2) is 0 Å². The Morgan fingerprint density at radius 2 is 1.73 bits per heavy atom. The van der Waals surface area contributed by atoms with Crippen LogP contribution in [0.5, 0.6) is 5.75 Å². The smallest absolute Gasteiger partial charge is 0.248 e. The van der Waals surface area contributed by atoms with Gasteiger partial charge in [0, 0.05) is 17.7 Å². The molecule has 0 aliphatic heterocycles. The molecule has 0 fully saturated rings. The van der Waals surface area contributed by atoms with Crippen molar-refractivity contribution in [3.63, 3.8) is 0 Å². The number of aromatic nitrogens is 2. The number of aryl methyl sites for hydroxylation is 2. The summed E-state index contributed by atoms with van der Waals surface area (Å²) in [7, 11) is 0. The summed E-state index contributed by atoms with van der Waals surface area (Å²) < 4.78 is 11.8. The van der Waals surface area contributed by atoms with Gasteiger partial charge in [-0.3, -0.25) is 0 Å². The fraction of sp³-hybridized carbons (Fsp3) is 0.417. The van der Waals surface area contributed by atoms with Crippen LogP contribution < -0.4 is 4.74 Å². The molecule has 1 atom stereocenters. The molecule has 1 heterocycles. The summed E-state index contributed by atoms with van der Waals surface area (Å²) in [5.41, 5.74) is 5.38. The fourth-order valence-electron chi connectivity index (χ4n) is 3.91. The first-order valence-corrected chi connectivity index (χ1v) is 10.2. The molecule has 2 aromatic carbocycles. The van der Waals surface area contributed by atoms with Crippen molar-refractivity contribution in [1.82, 2.24) is 10.2 Å². The lowest BCUT2D eigenvalue weighted by Gasteiger charge is -2.33. The summed E-state index contributed by atoms with van der Waals surface area (Å²) in [5.74, 6) is 1.88. The van der Waals surface area contributed by atoms with Crippen LogP contribution in [0.1, 0.15) is 43.9 Å². The largest absolute Gasteiger partial charge is 0.491 e. The van der Waals surface area contributed by atoms with Gasteiger partial charge in [-0.15, -0.1) is 10.2 Å². The van der Waals surface area contributed by atoms with Crippen LogP contribution in [0.2, 0.25) is 0 Å². The molecule has 6 heteroatoms. The predicted molar refractivity (Wildman–Crippen MR) is 123 cm³/mol. The number of fused-ring (bicyclic) bond motifs is 1. The Balaban J connectivity index is 0.00000256. The van der Waals surface area contributed by atoms with Crippen LogP contribution >= 0.6 is 13.5 Å². The summed E-state index contributed by atoms with van der Waals surface area (Å²) in [4.78, 5) is 0. The van der Waals surface area contributed by atoms with Gasteiger partial charge in [-0.05, 0) is 92.5 Å². The lowest BCUT2D eigenvalue weighted by Crippen LogP contribution is -2.29. The van der Waals surface area contributed by atoms with E-state index < -0.39 is 0 Å². The van der Waals surface area contributed by atoms with E-state index >= 15 is 0 Å². The molecule has 5 nitrogen and oxygen atoms in total. The number of aliphatic hydroxyl groups is 1. The van der Waals surface area contributed by atoms with Crippen LogP contribution in [0.15, 0.2) is 40.8 Å². The first-order chi connectivity index (χ1) is 13.9. The molecule has 30 heavy (non-hydrogen) atoms. The Labute approximate surface area is 184 Å². The van der Waals surface area contributed by atoms with Crippen LogP contribution in [-0.2, 0) is 12.8 Å². The molecule has 0 radical (unpaired) electrons. The predicted octanol–water partition coefficient (Wildman–Crippen LogP) is 5.10. The van der Waals surface area contributed by atoms with Gasteiger partial charge in [-0.1, -0.05) is 13.0 Å². The van der Waals surface area contributed by atoms with Gasteiger partial charge in [0.25, 0.3) is 0 Å². The average Bonchev–Trinajstić information content (AvgIpc) is 3.19. The lowest BCUT2D eigenvalue weighted by atomic mass is 9.73. The minimum absolute atomic E-state index is 0. The third-order valence-corrected chi connectivity index (χ3v) is 5.66. The van der Waals surface area contributed by atoms with E-state index in [-0.39, 0.29) is 31.6 Å².